The van der Waals surface area contributed by atoms with Gasteiger partial charge in [-0.15, -0.1) is 0 Å². The second-order valence-electron chi connectivity index (χ2n) is 6.99. The van der Waals surface area contributed by atoms with E-state index >= 15 is 0 Å². The van der Waals surface area contributed by atoms with Crippen molar-refractivity contribution in [3.05, 3.63) is 106 Å². The van der Waals surface area contributed by atoms with Gasteiger partial charge in [-0.3, -0.25) is 9.63 Å². The second-order valence-corrected chi connectivity index (χ2v) is 6.99. The van der Waals surface area contributed by atoms with Crippen molar-refractivity contribution in [3.8, 4) is 0 Å². The predicted molar refractivity (Wildman–Crippen MR) is 119 cm³/mol. The summed E-state index contributed by atoms with van der Waals surface area (Å²) in [6, 6.07) is 23.1. The van der Waals surface area contributed by atoms with Crippen LogP contribution in [0, 0.1) is 0 Å². The van der Waals surface area contributed by atoms with E-state index in [1.165, 1.54) is 6.07 Å². The van der Waals surface area contributed by atoms with Gasteiger partial charge in [0, 0.05) is 29.4 Å². The van der Waals surface area contributed by atoms with Crippen LogP contribution in [0.4, 0.5) is 11.4 Å². The summed E-state index contributed by atoms with van der Waals surface area (Å²) in [4.78, 5) is 29.3. The first-order valence-electron chi connectivity index (χ1n) is 9.71. The molecule has 31 heavy (non-hydrogen) atoms. The van der Waals surface area contributed by atoms with Gasteiger partial charge in [0.15, 0.2) is 0 Å². The molecule has 0 aliphatic heterocycles. The van der Waals surface area contributed by atoms with Gasteiger partial charge in [0.05, 0.1) is 12.2 Å². The molecular formula is C24H21N3O4. The zero-order valence-electron chi connectivity index (χ0n) is 16.6. The van der Waals surface area contributed by atoms with E-state index < -0.39 is 0 Å². The Labute approximate surface area is 178 Å². The number of hydrogen-bond acceptors (Lipinski definition) is 6. The number of carbonyl (C=O) groups excluding carboxylic acids is 1. The predicted octanol–water partition coefficient (Wildman–Crippen LogP) is 3.85. The van der Waals surface area contributed by atoms with E-state index in [4.69, 9.17) is 15.0 Å². The highest BCUT2D eigenvalue weighted by molar-refractivity contribution is 5.99. The summed E-state index contributed by atoms with van der Waals surface area (Å²) in [5, 5.41) is 4.11. The Morgan fingerprint density at radius 1 is 0.935 bits per heavy atom. The Hall–Kier alpha value is -4.10. The first kappa shape index (κ1) is 20.2. The Kier molecular flexibility index (Phi) is 5.96. The highest BCUT2D eigenvalue weighted by Gasteiger charge is 2.11. The van der Waals surface area contributed by atoms with Crippen molar-refractivity contribution in [2.24, 2.45) is 0 Å². The monoisotopic (exact) mass is 415 g/mol. The van der Waals surface area contributed by atoms with E-state index in [9.17, 15) is 9.59 Å². The lowest BCUT2D eigenvalue weighted by atomic mass is 10.1. The van der Waals surface area contributed by atoms with Gasteiger partial charge >= 0.3 is 5.63 Å². The normalized spacial score (nSPS) is 10.7. The zero-order chi connectivity index (χ0) is 21.6. The zero-order valence-corrected chi connectivity index (χ0v) is 16.6. The average molecular weight is 415 g/mol. The largest absolute Gasteiger partial charge is 0.423 e. The Morgan fingerprint density at radius 3 is 2.55 bits per heavy atom. The maximum absolute atomic E-state index is 12.6. The Bertz CT molecular complexity index is 1270. The molecule has 0 saturated heterocycles. The lowest BCUT2D eigenvalue weighted by Gasteiger charge is -2.13. The number of carbonyl (C=O) groups is 1. The van der Waals surface area contributed by atoms with Gasteiger partial charge in [-0.05, 0) is 53.6 Å². The van der Waals surface area contributed by atoms with Crippen LogP contribution in [0.2, 0.25) is 0 Å². The van der Waals surface area contributed by atoms with E-state index in [1.54, 1.807) is 36.4 Å². The van der Waals surface area contributed by atoms with Gasteiger partial charge in [0.2, 0.25) is 0 Å². The summed E-state index contributed by atoms with van der Waals surface area (Å²) >= 11 is 0. The molecule has 0 unspecified atom stereocenters. The topological polar surface area (TPSA) is 107 Å². The summed E-state index contributed by atoms with van der Waals surface area (Å²) in [5.74, 6) is -0.348. The fourth-order valence-corrected chi connectivity index (χ4v) is 3.12. The van der Waals surface area contributed by atoms with Crippen LogP contribution in [-0.2, 0) is 18.0 Å². The number of anilines is 2. The fourth-order valence-electron chi connectivity index (χ4n) is 3.12. The molecule has 7 heteroatoms. The molecule has 0 fully saturated rings. The van der Waals surface area contributed by atoms with E-state index in [0.717, 1.165) is 16.5 Å². The van der Waals surface area contributed by atoms with Gasteiger partial charge in [-0.1, -0.05) is 30.3 Å². The number of nitrogens with two attached hydrogens (primary N) is 1. The third-order valence-electron chi connectivity index (χ3n) is 4.72. The summed E-state index contributed by atoms with van der Waals surface area (Å²) in [6.07, 6.45) is 0. The fraction of sp³-hybridized carbons (Fsp3) is 0.0833. The number of amides is 1. The number of fused-ring (bicyclic) bond motifs is 1. The lowest BCUT2D eigenvalue weighted by molar-refractivity contribution is 0.0234. The molecule has 1 aromatic heterocycles. The van der Waals surface area contributed by atoms with Crippen molar-refractivity contribution < 1.29 is 14.0 Å². The molecule has 0 aliphatic rings. The molecule has 0 radical (unpaired) electrons. The highest BCUT2D eigenvalue weighted by atomic mass is 16.6. The SMILES string of the molecule is Nc1ccc(CONC(=O)c2ccccc2NCc2ccc3oc(=O)ccc3c2)cc1. The van der Waals surface area contributed by atoms with Gasteiger partial charge < -0.3 is 15.5 Å². The first-order valence-corrected chi connectivity index (χ1v) is 9.71. The standard InChI is InChI=1S/C24H21N3O4/c25-19-9-5-16(6-10-19)15-30-27-24(29)20-3-1-2-4-21(20)26-14-17-7-11-22-18(13-17)8-12-23(28)31-22/h1-13,26H,14-15,25H2,(H,27,29). The minimum absolute atomic E-state index is 0.231. The van der Waals surface area contributed by atoms with Crippen LogP contribution in [0.15, 0.2) is 88.1 Å². The summed E-state index contributed by atoms with van der Waals surface area (Å²) < 4.78 is 5.16. The quantitative estimate of drug-likeness (QED) is 0.240. The smallest absolute Gasteiger partial charge is 0.336 e. The van der Waals surface area contributed by atoms with Crippen molar-refractivity contribution in [2.45, 2.75) is 13.2 Å². The molecule has 1 heterocycles. The molecule has 0 aliphatic carbocycles. The Balaban J connectivity index is 1.39. The van der Waals surface area contributed by atoms with Crippen LogP contribution in [0.5, 0.6) is 0 Å². The van der Waals surface area contributed by atoms with Crippen LogP contribution < -0.4 is 22.2 Å². The summed E-state index contributed by atoms with van der Waals surface area (Å²) in [6.45, 7) is 0.723. The van der Waals surface area contributed by atoms with E-state index in [2.05, 4.69) is 10.8 Å². The van der Waals surface area contributed by atoms with Gasteiger partial charge in [-0.2, -0.15) is 0 Å². The van der Waals surface area contributed by atoms with Crippen molar-refractivity contribution in [2.75, 3.05) is 11.1 Å². The summed E-state index contributed by atoms with van der Waals surface area (Å²) in [7, 11) is 0. The number of nitrogen functional groups attached to an aromatic ring is 1. The number of hydrogen-bond donors (Lipinski definition) is 3. The first-order chi connectivity index (χ1) is 15.1. The highest BCUT2D eigenvalue weighted by Crippen LogP contribution is 2.19. The molecule has 1 amide bonds. The summed E-state index contributed by atoms with van der Waals surface area (Å²) in [5.41, 5.74) is 12.0. The van der Waals surface area contributed by atoms with E-state index in [-0.39, 0.29) is 18.1 Å². The molecule has 0 saturated carbocycles. The minimum Gasteiger partial charge on any atom is -0.423 e. The minimum atomic E-state index is -0.378. The van der Waals surface area contributed by atoms with Crippen LogP contribution in [0.3, 0.4) is 0 Å². The van der Waals surface area contributed by atoms with E-state index in [1.807, 2.05) is 36.4 Å². The van der Waals surface area contributed by atoms with Crippen LogP contribution in [0.1, 0.15) is 21.5 Å². The van der Waals surface area contributed by atoms with Crippen molar-refractivity contribution in [1.29, 1.82) is 0 Å². The molecule has 4 aromatic rings. The van der Waals surface area contributed by atoms with Crippen molar-refractivity contribution in [1.82, 2.24) is 5.48 Å². The molecule has 7 nitrogen and oxygen atoms in total. The molecule has 0 bridgehead atoms. The average Bonchev–Trinajstić information content (AvgIpc) is 2.79. The molecule has 4 N–H and O–H groups in total. The number of rotatable bonds is 7. The van der Waals surface area contributed by atoms with Gasteiger partial charge in [-0.25, -0.2) is 10.3 Å². The van der Waals surface area contributed by atoms with Crippen molar-refractivity contribution >= 4 is 28.3 Å². The molecule has 0 atom stereocenters. The van der Waals surface area contributed by atoms with Crippen LogP contribution in [-0.4, -0.2) is 5.91 Å². The number of para-hydroxylation sites is 1. The van der Waals surface area contributed by atoms with E-state index in [0.29, 0.717) is 29.1 Å². The molecule has 3 aromatic carbocycles. The third-order valence-corrected chi connectivity index (χ3v) is 4.72. The maximum Gasteiger partial charge on any atom is 0.336 e. The number of nitrogens with one attached hydrogen (secondary N) is 2. The van der Waals surface area contributed by atoms with Crippen molar-refractivity contribution in [3.63, 3.8) is 0 Å². The van der Waals surface area contributed by atoms with Gasteiger partial charge in [0.1, 0.15) is 5.58 Å². The second kappa shape index (κ2) is 9.15. The molecular weight excluding hydrogens is 394 g/mol. The third kappa shape index (κ3) is 5.09. The molecule has 4 rings (SSSR count). The van der Waals surface area contributed by atoms with Crippen LogP contribution in [0.25, 0.3) is 11.0 Å². The maximum atomic E-state index is 12.6. The lowest BCUT2D eigenvalue weighted by Crippen LogP contribution is -2.24. The Morgan fingerprint density at radius 2 is 1.71 bits per heavy atom. The molecule has 0 spiro atoms. The number of benzene rings is 3. The van der Waals surface area contributed by atoms with Crippen LogP contribution >= 0.6 is 0 Å². The molecule has 156 valence electrons. The van der Waals surface area contributed by atoms with Gasteiger partial charge in [0.25, 0.3) is 5.91 Å². The number of hydroxylamine groups is 1.